The number of hydrogen-bond acceptors (Lipinski definition) is 1. The van der Waals surface area contributed by atoms with Gasteiger partial charge in [-0.3, -0.25) is 4.79 Å². The summed E-state index contributed by atoms with van der Waals surface area (Å²) in [6.07, 6.45) is 1.21. The van der Waals surface area contributed by atoms with E-state index < -0.39 is 11.8 Å². The van der Waals surface area contributed by atoms with E-state index in [0.29, 0.717) is 16.6 Å². The number of hydrogen-bond donors (Lipinski definition) is 2. The molecule has 7 heteroatoms. The molecule has 0 saturated heterocycles. The molecule has 118 valence electrons. The average Bonchev–Trinajstić information content (AvgIpc) is 2.89. The Morgan fingerprint density at radius 3 is 2.48 bits per heavy atom. The molecule has 3 rings (SSSR count). The van der Waals surface area contributed by atoms with Crippen molar-refractivity contribution in [3.05, 3.63) is 56.9 Å². The first-order chi connectivity index (χ1) is 10.9. The van der Waals surface area contributed by atoms with Gasteiger partial charge >= 0.3 is 5.97 Å². The molecule has 1 aromatic heterocycles. The highest BCUT2D eigenvalue weighted by Gasteiger charge is 2.19. The van der Waals surface area contributed by atoms with Crippen molar-refractivity contribution in [2.75, 3.05) is 0 Å². The zero-order chi connectivity index (χ0) is 16.7. The molecule has 3 nitrogen and oxygen atoms in total. The number of fused-ring (bicyclic) bond motifs is 1. The number of benzene rings is 2. The van der Waals surface area contributed by atoms with Crippen LogP contribution in [0.15, 0.2) is 30.5 Å². The van der Waals surface area contributed by atoms with E-state index in [1.54, 1.807) is 18.2 Å². The summed E-state index contributed by atoms with van der Waals surface area (Å²) < 4.78 is 15.0. The van der Waals surface area contributed by atoms with Gasteiger partial charge in [0, 0.05) is 28.2 Å². The third-order valence-corrected chi connectivity index (χ3v) is 4.83. The van der Waals surface area contributed by atoms with Crippen LogP contribution in [0.3, 0.4) is 0 Å². The maximum Gasteiger partial charge on any atom is 0.307 e. The first-order valence-electron chi connectivity index (χ1n) is 6.54. The lowest BCUT2D eigenvalue weighted by atomic mass is 10.0. The minimum absolute atomic E-state index is 0.144. The monoisotopic (exact) mass is 371 g/mol. The third-order valence-electron chi connectivity index (χ3n) is 3.53. The van der Waals surface area contributed by atoms with Gasteiger partial charge in [0.2, 0.25) is 0 Å². The second-order valence-corrected chi connectivity index (χ2v) is 6.12. The Labute approximate surface area is 145 Å². The highest BCUT2D eigenvalue weighted by Crippen LogP contribution is 2.40. The molecular weight excluding hydrogens is 364 g/mol. The standard InChI is InChI=1S/C16H9Cl3FNO2/c17-10-3-1-8(14(18)15(10)19)9-2-4-11-13(16(9)20)7(6-21-11)5-12(22)23/h1-4,6,21H,5H2,(H,22,23). The molecule has 0 fully saturated rings. The highest BCUT2D eigenvalue weighted by atomic mass is 35.5. The van der Waals surface area contributed by atoms with Crippen molar-refractivity contribution in [3.63, 3.8) is 0 Å². The summed E-state index contributed by atoms with van der Waals surface area (Å²) in [6.45, 7) is 0. The third kappa shape index (κ3) is 2.78. The van der Waals surface area contributed by atoms with Gasteiger partial charge in [-0.1, -0.05) is 40.9 Å². The maximum absolute atomic E-state index is 15.0. The average molecular weight is 373 g/mol. The smallest absolute Gasteiger partial charge is 0.307 e. The molecule has 0 aliphatic heterocycles. The molecule has 0 atom stereocenters. The summed E-state index contributed by atoms with van der Waals surface area (Å²) in [5, 5.41) is 9.74. The van der Waals surface area contributed by atoms with Gasteiger partial charge in [-0.2, -0.15) is 0 Å². The van der Waals surface area contributed by atoms with Crippen molar-refractivity contribution >= 4 is 51.7 Å². The minimum atomic E-state index is -1.04. The molecule has 0 aliphatic rings. The zero-order valence-corrected chi connectivity index (χ0v) is 13.7. The van der Waals surface area contributed by atoms with Gasteiger partial charge < -0.3 is 10.1 Å². The van der Waals surface area contributed by atoms with Crippen molar-refractivity contribution in [3.8, 4) is 11.1 Å². The van der Waals surface area contributed by atoms with Crippen molar-refractivity contribution in [2.24, 2.45) is 0 Å². The molecule has 0 unspecified atom stereocenters. The summed E-state index contributed by atoms with van der Waals surface area (Å²) in [5.41, 5.74) is 1.50. The van der Waals surface area contributed by atoms with Gasteiger partial charge in [0.15, 0.2) is 0 Å². The van der Waals surface area contributed by atoms with Gasteiger partial charge in [-0.25, -0.2) is 4.39 Å². The Balaban J connectivity index is 2.25. The fraction of sp³-hybridized carbons (Fsp3) is 0.0625. The fourth-order valence-corrected chi connectivity index (χ4v) is 3.13. The molecular formula is C16H9Cl3FNO2. The fourth-order valence-electron chi connectivity index (χ4n) is 2.49. The van der Waals surface area contributed by atoms with Crippen molar-refractivity contribution in [1.82, 2.24) is 4.98 Å². The lowest BCUT2D eigenvalue weighted by Gasteiger charge is -2.10. The van der Waals surface area contributed by atoms with Gasteiger partial charge in [0.05, 0.1) is 21.5 Å². The van der Waals surface area contributed by atoms with Crippen LogP contribution in [0.25, 0.3) is 22.0 Å². The number of carbonyl (C=O) groups is 1. The Kier molecular flexibility index (Phi) is 4.23. The Bertz CT molecular complexity index is 937. The first kappa shape index (κ1) is 16.1. The normalized spacial score (nSPS) is 11.1. The van der Waals surface area contributed by atoms with Crippen molar-refractivity contribution in [2.45, 2.75) is 6.42 Å². The molecule has 23 heavy (non-hydrogen) atoms. The Hall–Kier alpha value is -1.75. The molecule has 1 heterocycles. The van der Waals surface area contributed by atoms with Crippen LogP contribution in [0, 0.1) is 5.82 Å². The van der Waals surface area contributed by atoms with Crippen LogP contribution < -0.4 is 0 Å². The predicted octanol–water partition coefficient (Wildman–Crippen LogP) is 5.56. The van der Waals surface area contributed by atoms with Crippen LogP contribution in [0.5, 0.6) is 0 Å². The van der Waals surface area contributed by atoms with E-state index in [9.17, 15) is 9.18 Å². The molecule has 2 N–H and O–H groups in total. The predicted molar refractivity (Wildman–Crippen MR) is 90.1 cm³/mol. The van der Waals surface area contributed by atoms with Gasteiger partial charge in [0.1, 0.15) is 5.82 Å². The second-order valence-electron chi connectivity index (χ2n) is 4.96. The van der Waals surface area contributed by atoms with Crippen LogP contribution in [-0.4, -0.2) is 16.1 Å². The van der Waals surface area contributed by atoms with Crippen LogP contribution in [0.1, 0.15) is 5.56 Å². The number of aromatic nitrogens is 1. The van der Waals surface area contributed by atoms with E-state index in [1.807, 2.05) is 0 Å². The van der Waals surface area contributed by atoms with E-state index >= 15 is 0 Å². The van der Waals surface area contributed by atoms with Crippen molar-refractivity contribution in [1.29, 1.82) is 0 Å². The van der Waals surface area contributed by atoms with Gasteiger partial charge in [-0.05, 0) is 23.8 Å². The zero-order valence-electron chi connectivity index (χ0n) is 11.5. The molecule has 0 radical (unpaired) electrons. The highest BCUT2D eigenvalue weighted by molar-refractivity contribution is 6.49. The SMILES string of the molecule is O=C(O)Cc1c[nH]c2ccc(-c3ccc(Cl)c(Cl)c3Cl)c(F)c12. The van der Waals surface area contributed by atoms with Crippen LogP contribution in [0.2, 0.25) is 15.1 Å². The topological polar surface area (TPSA) is 53.1 Å². The van der Waals surface area contributed by atoms with Crippen LogP contribution in [-0.2, 0) is 11.2 Å². The number of aromatic amines is 1. The number of halogens is 4. The first-order valence-corrected chi connectivity index (χ1v) is 7.67. The van der Waals surface area contributed by atoms with E-state index in [2.05, 4.69) is 4.98 Å². The summed E-state index contributed by atoms with van der Waals surface area (Å²) in [7, 11) is 0. The largest absolute Gasteiger partial charge is 0.481 e. The molecule has 0 aliphatic carbocycles. The molecule has 2 aromatic carbocycles. The van der Waals surface area contributed by atoms with Crippen LogP contribution in [0.4, 0.5) is 4.39 Å². The van der Waals surface area contributed by atoms with E-state index in [4.69, 9.17) is 39.9 Å². The summed E-state index contributed by atoms with van der Waals surface area (Å²) in [6, 6.07) is 6.33. The Morgan fingerprint density at radius 1 is 1.09 bits per heavy atom. The lowest BCUT2D eigenvalue weighted by Crippen LogP contribution is -2.00. The number of rotatable bonds is 3. The molecule has 3 aromatic rings. The van der Waals surface area contributed by atoms with E-state index in [1.165, 1.54) is 12.3 Å². The molecule has 0 saturated carbocycles. The second kappa shape index (κ2) is 6.04. The molecule has 0 bridgehead atoms. The number of carboxylic acid groups (broad SMARTS) is 1. The Morgan fingerprint density at radius 2 is 1.78 bits per heavy atom. The minimum Gasteiger partial charge on any atom is -0.481 e. The summed E-state index contributed by atoms with van der Waals surface area (Å²) in [5.74, 6) is -1.59. The van der Waals surface area contributed by atoms with E-state index in [-0.39, 0.29) is 32.4 Å². The van der Waals surface area contributed by atoms with Crippen molar-refractivity contribution < 1.29 is 14.3 Å². The quantitative estimate of drug-likeness (QED) is 0.591. The number of carboxylic acids is 1. The maximum atomic E-state index is 15.0. The molecule has 0 amide bonds. The summed E-state index contributed by atoms with van der Waals surface area (Å²) >= 11 is 18.1. The molecule has 0 spiro atoms. The van der Waals surface area contributed by atoms with Crippen LogP contribution >= 0.6 is 34.8 Å². The number of nitrogens with one attached hydrogen (secondary N) is 1. The van der Waals surface area contributed by atoms with Gasteiger partial charge in [0.25, 0.3) is 0 Å². The number of aliphatic carboxylic acids is 1. The lowest BCUT2D eigenvalue weighted by molar-refractivity contribution is -0.136. The van der Waals surface area contributed by atoms with E-state index in [0.717, 1.165) is 0 Å². The number of H-pyrrole nitrogens is 1. The van der Waals surface area contributed by atoms with Gasteiger partial charge in [-0.15, -0.1) is 0 Å². The summed E-state index contributed by atoms with van der Waals surface area (Å²) in [4.78, 5) is 13.8.